The van der Waals surface area contributed by atoms with Crippen LogP contribution in [-0.4, -0.2) is 46.0 Å². The van der Waals surface area contributed by atoms with Gasteiger partial charge in [-0.1, -0.05) is 30.7 Å². The minimum absolute atomic E-state index is 0. The van der Waals surface area contributed by atoms with E-state index in [9.17, 15) is 8.42 Å². The van der Waals surface area contributed by atoms with Crippen LogP contribution in [0.4, 0.5) is 0 Å². The van der Waals surface area contributed by atoms with Gasteiger partial charge in [0.25, 0.3) is 0 Å². The first-order chi connectivity index (χ1) is 12.5. The second-order valence-electron chi connectivity index (χ2n) is 7.47. The van der Waals surface area contributed by atoms with Crippen LogP contribution >= 0.6 is 24.0 Å². The average molecular weight is 506 g/mol. The molecule has 1 saturated carbocycles. The monoisotopic (exact) mass is 506 g/mol. The van der Waals surface area contributed by atoms with E-state index < -0.39 is 10.0 Å². The van der Waals surface area contributed by atoms with Gasteiger partial charge < -0.3 is 10.2 Å². The maximum absolute atomic E-state index is 11.6. The van der Waals surface area contributed by atoms with Gasteiger partial charge in [0.1, 0.15) is 0 Å². The number of hydrogen-bond acceptors (Lipinski definition) is 3. The van der Waals surface area contributed by atoms with E-state index in [1.807, 2.05) is 24.3 Å². The molecule has 27 heavy (non-hydrogen) atoms. The Morgan fingerprint density at radius 1 is 1.19 bits per heavy atom. The fraction of sp³-hybridized carbons (Fsp3) is 0.632. The molecule has 0 atom stereocenters. The molecule has 1 aromatic carbocycles. The number of aliphatic imine (C=N–C) groups is 1. The molecule has 6 nitrogen and oxygen atoms in total. The fourth-order valence-corrected chi connectivity index (χ4v) is 4.60. The van der Waals surface area contributed by atoms with Crippen molar-refractivity contribution in [1.29, 1.82) is 0 Å². The molecule has 2 aliphatic rings. The minimum atomic E-state index is -3.23. The van der Waals surface area contributed by atoms with Crippen LogP contribution in [0, 0.1) is 5.41 Å². The second-order valence-corrected chi connectivity index (χ2v) is 9.40. The highest BCUT2D eigenvalue weighted by atomic mass is 127. The maximum Gasteiger partial charge on any atom is 0.215 e. The molecule has 152 valence electrons. The van der Waals surface area contributed by atoms with Crippen molar-refractivity contribution in [3.05, 3.63) is 35.4 Å². The van der Waals surface area contributed by atoms with E-state index in [0.717, 1.165) is 36.7 Å². The molecule has 1 aliphatic heterocycles. The lowest BCUT2D eigenvalue weighted by atomic mass is 9.68. The normalized spacial score (nSPS) is 18.9. The van der Waals surface area contributed by atoms with Crippen molar-refractivity contribution >= 4 is 40.0 Å². The number of likely N-dealkylation sites (tertiary alicyclic amines) is 1. The van der Waals surface area contributed by atoms with E-state index in [-0.39, 0.29) is 29.7 Å². The Balaban J connectivity index is 0.00000261. The van der Waals surface area contributed by atoms with Crippen molar-refractivity contribution in [1.82, 2.24) is 14.9 Å². The Bertz CT molecular complexity index is 745. The molecule has 1 saturated heterocycles. The number of nitrogens with zero attached hydrogens (tertiary/aromatic N) is 2. The number of halogens is 1. The van der Waals surface area contributed by atoms with Crippen LogP contribution in [0.1, 0.15) is 43.7 Å². The first-order valence-corrected chi connectivity index (χ1v) is 11.1. The average Bonchev–Trinajstić information content (AvgIpc) is 3.06. The molecule has 2 fully saturated rings. The van der Waals surface area contributed by atoms with Crippen LogP contribution in [0.2, 0.25) is 0 Å². The van der Waals surface area contributed by atoms with Crippen molar-refractivity contribution in [2.75, 3.05) is 26.7 Å². The van der Waals surface area contributed by atoms with Gasteiger partial charge in [-0.2, -0.15) is 0 Å². The van der Waals surface area contributed by atoms with E-state index in [2.05, 4.69) is 21.9 Å². The molecular weight excluding hydrogens is 475 g/mol. The largest absolute Gasteiger partial charge is 0.357 e. The Morgan fingerprint density at radius 3 is 2.37 bits per heavy atom. The molecule has 1 spiro atoms. The predicted octanol–water partition coefficient (Wildman–Crippen LogP) is 2.70. The summed E-state index contributed by atoms with van der Waals surface area (Å²) >= 11 is 0. The van der Waals surface area contributed by atoms with Gasteiger partial charge in [0.15, 0.2) is 5.96 Å². The number of benzene rings is 1. The highest BCUT2D eigenvalue weighted by Crippen LogP contribution is 2.47. The van der Waals surface area contributed by atoms with Gasteiger partial charge in [-0.05, 0) is 49.8 Å². The summed E-state index contributed by atoms with van der Waals surface area (Å²) < 4.78 is 25.6. The lowest BCUT2D eigenvalue weighted by Crippen LogP contribution is -2.42. The van der Waals surface area contributed by atoms with Crippen molar-refractivity contribution in [2.24, 2.45) is 10.4 Å². The number of sulfonamides is 1. The summed E-state index contributed by atoms with van der Waals surface area (Å²) in [5.74, 6) is 1.00. The lowest BCUT2D eigenvalue weighted by Gasteiger charge is -2.38. The van der Waals surface area contributed by atoms with E-state index in [1.165, 1.54) is 32.7 Å². The predicted molar refractivity (Wildman–Crippen MR) is 121 cm³/mol. The van der Waals surface area contributed by atoms with Crippen molar-refractivity contribution < 1.29 is 8.42 Å². The Kier molecular flexibility index (Phi) is 7.94. The minimum Gasteiger partial charge on any atom is -0.357 e. The molecule has 0 amide bonds. The van der Waals surface area contributed by atoms with Crippen LogP contribution in [0.3, 0.4) is 0 Å². The summed E-state index contributed by atoms with van der Waals surface area (Å²) in [5.41, 5.74) is 2.42. The molecular formula is C19H31IN4O2S. The smallest absolute Gasteiger partial charge is 0.215 e. The fourth-order valence-electron chi connectivity index (χ4n) is 3.83. The molecule has 0 bridgehead atoms. The first-order valence-electron chi connectivity index (χ1n) is 9.48. The van der Waals surface area contributed by atoms with E-state index in [1.54, 1.807) is 0 Å². The molecule has 8 heteroatoms. The highest BCUT2D eigenvalue weighted by molar-refractivity contribution is 14.0. The molecule has 3 rings (SSSR count). The summed E-state index contributed by atoms with van der Waals surface area (Å²) in [7, 11) is -1.79. The van der Waals surface area contributed by atoms with Gasteiger partial charge in [-0.3, -0.25) is 0 Å². The lowest BCUT2D eigenvalue weighted by molar-refractivity contribution is 0.151. The van der Waals surface area contributed by atoms with Crippen molar-refractivity contribution in [3.8, 4) is 0 Å². The van der Waals surface area contributed by atoms with E-state index in [0.29, 0.717) is 12.0 Å². The zero-order chi connectivity index (χ0) is 18.6. The van der Waals surface area contributed by atoms with Crippen molar-refractivity contribution in [3.63, 3.8) is 0 Å². The third-order valence-electron chi connectivity index (χ3n) is 5.59. The van der Waals surface area contributed by atoms with Crippen LogP contribution < -0.4 is 10.0 Å². The third-order valence-corrected chi connectivity index (χ3v) is 6.92. The second kappa shape index (κ2) is 9.56. The van der Waals surface area contributed by atoms with Crippen LogP contribution in [0.25, 0.3) is 0 Å². The van der Waals surface area contributed by atoms with Gasteiger partial charge in [-0.25, -0.2) is 18.1 Å². The topological polar surface area (TPSA) is 73.8 Å². The summed E-state index contributed by atoms with van der Waals surface area (Å²) in [5, 5.41) is 3.42. The third kappa shape index (κ3) is 5.80. The molecule has 1 aromatic rings. The molecule has 0 unspecified atom stereocenters. The van der Waals surface area contributed by atoms with Crippen molar-refractivity contribution in [2.45, 2.75) is 44.9 Å². The van der Waals surface area contributed by atoms with Crippen LogP contribution in [-0.2, 0) is 22.3 Å². The number of hydrogen-bond donors (Lipinski definition) is 2. The Morgan fingerprint density at radius 2 is 1.85 bits per heavy atom. The maximum atomic E-state index is 11.6. The first kappa shape index (κ1) is 22.4. The summed E-state index contributed by atoms with van der Waals surface area (Å²) in [4.78, 5) is 7.21. The van der Waals surface area contributed by atoms with E-state index in [4.69, 9.17) is 4.99 Å². The summed E-state index contributed by atoms with van der Waals surface area (Å²) in [6.07, 6.45) is 5.38. The molecule has 0 aromatic heterocycles. The zero-order valence-electron chi connectivity index (χ0n) is 16.2. The molecule has 0 radical (unpaired) electrons. The molecule has 1 aliphatic carbocycles. The highest BCUT2D eigenvalue weighted by Gasteiger charge is 2.43. The molecule has 1 heterocycles. The Labute approximate surface area is 180 Å². The number of rotatable bonds is 6. The van der Waals surface area contributed by atoms with Gasteiger partial charge in [-0.15, -0.1) is 24.0 Å². The molecule has 2 N–H and O–H groups in total. The number of nitrogens with one attached hydrogen (secondary N) is 2. The standard InChI is InChI=1S/C19H30N4O2S.HI/c1-3-21-18(23-12-11-19(15-23)9-4-10-19)22-13-16-5-7-17(8-6-16)14-26(24,25)20-2;/h5-8,20H,3-4,9-15H2,1-2H3,(H,21,22);1H. The van der Waals surface area contributed by atoms with Gasteiger partial charge in [0.2, 0.25) is 10.0 Å². The summed E-state index contributed by atoms with van der Waals surface area (Å²) in [6, 6.07) is 7.66. The van der Waals surface area contributed by atoms with Gasteiger partial charge >= 0.3 is 0 Å². The van der Waals surface area contributed by atoms with Gasteiger partial charge in [0.05, 0.1) is 12.3 Å². The quantitative estimate of drug-likeness (QED) is 0.354. The van der Waals surface area contributed by atoms with Gasteiger partial charge in [0, 0.05) is 19.6 Å². The van der Waals surface area contributed by atoms with Crippen LogP contribution in [0.15, 0.2) is 29.3 Å². The number of guanidine groups is 1. The van der Waals surface area contributed by atoms with E-state index >= 15 is 0 Å². The SMILES string of the molecule is CCNC(=NCc1ccc(CS(=O)(=O)NC)cc1)N1CCC2(CCC2)C1.I. The zero-order valence-corrected chi connectivity index (χ0v) is 19.3. The summed E-state index contributed by atoms with van der Waals surface area (Å²) in [6.45, 7) is 5.78. The Hall–Kier alpha value is -0.870. The van der Waals surface area contributed by atoms with Crippen LogP contribution in [0.5, 0.6) is 0 Å².